The molecule has 0 spiro atoms. The fourth-order valence-electron chi connectivity index (χ4n) is 1.54. The van der Waals surface area contributed by atoms with Crippen molar-refractivity contribution in [2.75, 3.05) is 12.5 Å². The Morgan fingerprint density at radius 3 is 2.24 bits per heavy atom. The van der Waals surface area contributed by atoms with E-state index in [0.717, 1.165) is 0 Å². The van der Waals surface area contributed by atoms with Gasteiger partial charge >= 0.3 is 6.09 Å². The van der Waals surface area contributed by atoms with Gasteiger partial charge in [-0.25, -0.2) is 4.79 Å². The molecule has 124 valence electrons. The molecule has 0 bridgehead atoms. The van der Waals surface area contributed by atoms with E-state index in [9.17, 15) is 18.9 Å². The number of nitrogens with one attached hydrogen (secondary N) is 1. The van der Waals surface area contributed by atoms with Crippen molar-refractivity contribution in [1.29, 1.82) is 0 Å². The lowest BCUT2D eigenvalue weighted by Crippen LogP contribution is -2.42. The molecule has 21 heavy (non-hydrogen) atoms. The van der Waals surface area contributed by atoms with Gasteiger partial charge in [0, 0.05) is 11.8 Å². The highest BCUT2D eigenvalue weighted by molar-refractivity contribution is 8.04. The van der Waals surface area contributed by atoms with Crippen molar-refractivity contribution in [3.05, 3.63) is 11.2 Å². The maximum absolute atomic E-state index is 11.6. The van der Waals surface area contributed by atoms with E-state index in [2.05, 4.69) is 5.32 Å². The molecule has 0 aliphatic carbocycles. The van der Waals surface area contributed by atoms with Gasteiger partial charge in [0.05, 0.1) is 11.8 Å². The molecule has 0 aromatic heterocycles. The molecule has 7 heteroatoms. The molecule has 0 heterocycles. The lowest BCUT2D eigenvalue weighted by Gasteiger charge is -2.22. The summed E-state index contributed by atoms with van der Waals surface area (Å²) in [5.41, 5.74) is -0.648. The Balaban J connectivity index is 4.59. The monoisotopic (exact) mass is 321 g/mol. The molecule has 0 rings (SSSR count). The van der Waals surface area contributed by atoms with E-state index in [0.29, 0.717) is 0 Å². The first-order valence-electron chi connectivity index (χ1n) is 6.75. The zero-order valence-electron chi connectivity index (χ0n) is 13.6. The molecular weight excluding hydrogens is 294 g/mol. The van der Waals surface area contributed by atoms with Gasteiger partial charge in [0.15, 0.2) is 5.78 Å². The van der Waals surface area contributed by atoms with Gasteiger partial charge < -0.3 is 15.2 Å². The third-order valence-electron chi connectivity index (χ3n) is 2.33. The number of Topliss-reactive ketones (excluding diaryl/α,β-unsaturated/α-hetero) is 1. The average molecular weight is 321 g/mol. The lowest BCUT2D eigenvalue weighted by atomic mass is 10.1. The molecule has 6 nitrogen and oxygen atoms in total. The molecule has 0 aromatic rings. The van der Waals surface area contributed by atoms with Gasteiger partial charge in [0.1, 0.15) is 5.60 Å². The van der Waals surface area contributed by atoms with Crippen molar-refractivity contribution in [1.82, 2.24) is 5.32 Å². The maximum atomic E-state index is 11.6. The standard InChI is InChI=1S/C14H27NO5S/c1-10(16)12(15-13(18)20-14(2,3)4)8-7-11(17)9-21(5,6)19/h9,12,17,21H,7-8H2,1-6H3,(H,15,18)/b11-9-/t12-/m0/s1. The van der Waals surface area contributed by atoms with Crippen molar-refractivity contribution in [3.8, 4) is 0 Å². The van der Waals surface area contributed by atoms with Crippen LogP contribution in [0.25, 0.3) is 0 Å². The number of amides is 1. The number of rotatable bonds is 6. The van der Waals surface area contributed by atoms with E-state index < -0.39 is 27.7 Å². The summed E-state index contributed by atoms with van der Waals surface area (Å²) in [5.74, 6) is -0.273. The first-order chi connectivity index (χ1) is 9.30. The van der Waals surface area contributed by atoms with E-state index in [1.54, 1.807) is 20.8 Å². The predicted octanol–water partition coefficient (Wildman–Crippen LogP) is 1.92. The van der Waals surface area contributed by atoms with E-state index in [-0.39, 0.29) is 24.4 Å². The lowest BCUT2D eigenvalue weighted by molar-refractivity contribution is -0.119. The van der Waals surface area contributed by atoms with E-state index >= 15 is 0 Å². The molecule has 0 aliphatic rings. The highest BCUT2D eigenvalue weighted by Gasteiger charge is 2.22. The van der Waals surface area contributed by atoms with Gasteiger partial charge in [-0.05, 0) is 46.6 Å². The fourth-order valence-corrected chi connectivity index (χ4v) is 2.39. The maximum Gasteiger partial charge on any atom is 0.408 e. The second-order valence-electron chi connectivity index (χ2n) is 6.40. The molecule has 0 saturated carbocycles. The Morgan fingerprint density at radius 1 is 1.33 bits per heavy atom. The van der Waals surface area contributed by atoms with Gasteiger partial charge in [-0.2, -0.15) is 0 Å². The number of aliphatic hydroxyl groups excluding tert-OH is 1. The van der Waals surface area contributed by atoms with Gasteiger partial charge in [-0.3, -0.25) is 9.00 Å². The molecule has 0 saturated heterocycles. The molecule has 0 fully saturated rings. The summed E-state index contributed by atoms with van der Waals surface area (Å²) in [6.45, 7) is 6.53. The summed E-state index contributed by atoms with van der Waals surface area (Å²) in [4.78, 5) is 23.2. The van der Waals surface area contributed by atoms with E-state index in [4.69, 9.17) is 4.74 Å². The average Bonchev–Trinajstić information content (AvgIpc) is 2.18. The second kappa shape index (κ2) is 7.59. The van der Waals surface area contributed by atoms with Crippen molar-refractivity contribution >= 4 is 21.8 Å². The summed E-state index contributed by atoms with van der Waals surface area (Å²) in [7, 11) is -2.47. The van der Waals surface area contributed by atoms with Crippen LogP contribution in [-0.2, 0) is 19.5 Å². The van der Waals surface area contributed by atoms with Gasteiger partial charge in [0.2, 0.25) is 0 Å². The minimum absolute atomic E-state index is 0.0411. The Kier molecular flexibility index (Phi) is 7.09. The highest BCUT2D eigenvalue weighted by atomic mass is 32.2. The van der Waals surface area contributed by atoms with Crippen LogP contribution in [0, 0.1) is 0 Å². The van der Waals surface area contributed by atoms with Crippen LogP contribution in [0.15, 0.2) is 11.2 Å². The van der Waals surface area contributed by atoms with Gasteiger partial charge in [0.25, 0.3) is 0 Å². The first-order valence-corrected chi connectivity index (χ1v) is 9.42. The normalized spacial score (nSPS) is 15.2. The number of alkyl carbamates (subject to hydrolysis) is 1. The molecule has 1 amide bonds. The van der Waals surface area contributed by atoms with Crippen molar-refractivity contribution in [2.45, 2.75) is 52.2 Å². The van der Waals surface area contributed by atoms with Crippen molar-refractivity contribution in [2.24, 2.45) is 0 Å². The quantitative estimate of drug-likeness (QED) is 0.513. The smallest absolute Gasteiger partial charge is 0.408 e. The molecule has 0 aliphatic heterocycles. The minimum atomic E-state index is -2.47. The number of carbonyl (C=O) groups excluding carboxylic acids is 2. The summed E-state index contributed by atoms with van der Waals surface area (Å²) < 4.78 is 16.6. The first kappa shape index (κ1) is 19.6. The van der Waals surface area contributed by atoms with Crippen LogP contribution in [0.2, 0.25) is 0 Å². The fraction of sp³-hybridized carbons (Fsp3) is 0.714. The zero-order chi connectivity index (χ0) is 16.8. The number of hydrogen-bond acceptors (Lipinski definition) is 5. The van der Waals surface area contributed by atoms with Crippen LogP contribution in [-0.4, -0.2) is 45.3 Å². The zero-order valence-corrected chi connectivity index (χ0v) is 14.5. The third-order valence-corrected chi connectivity index (χ3v) is 3.25. The predicted molar refractivity (Wildman–Crippen MR) is 85.2 cm³/mol. The Hall–Kier alpha value is -1.37. The van der Waals surface area contributed by atoms with E-state index in [1.807, 2.05) is 0 Å². The van der Waals surface area contributed by atoms with Crippen LogP contribution in [0.5, 0.6) is 0 Å². The summed E-state index contributed by atoms with van der Waals surface area (Å²) in [5, 5.41) is 13.4. The Bertz CT molecular complexity index is 458. The summed E-state index contributed by atoms with van der Waals surface area (Å²) >= 11 is 0. The molecule has 0 radical (unpaired) electrons. The molecule has 2 N–H and O–H groups in total. The van der Waals surface area contributed by atoms with Crippen LogP contribution in [0.1, 0.15) is 40.5 Å². The number of carbonyl (C=O) groups is 2. The third kappa shape index (κ3) is 11.0. The van der Waals surface area contributed by atoms with E-state index in [1.165, 1.54) is 24.8 Å². The highest BCUT2D eigenvalue weighted by Crippen LogP contribution is 2.11. The summed E-state index contributed by atoms with van der Waals surface area (Å²) in [6, 6.07) is -0.747. The molecule has 0 unspecified atom stereocenters. The number of ketones is 1. The Morgan fingerprint density at radius 2 is 1.86 bits per heavy atom. The number of aliphatic hydroxyl groups is 1. The van der Waals surface area contributed by atoms with Gasteiger partial charge in [-0.1, -0.05) is 9.93 Å². The number of thiol groups is 1. The van der Waals surface area contributed by atoms with Gasteiger partial charge in [-0.15, -0.1) is 0 Å². The number of hydrogen-bond donors (Lipinski definition) is 3. The van der Waals surface area contributed by atoms with Crippen molar-refractivity contribution < 1.29 is 23.6 Å². The number of allylic oxidation sites excluding steroid dienone is 1. The van der Waals surface area contributed by atoms with Crippen LogP contribution in [0.3, 0.4) is 0 Å². The van der Waals surface area contributed by atoms with Crippen LogP contribution >= 0.6 is 0 Å². The second-order valence-corrected chi connectivity index (χ2v) is 9.53. The topological polar surface area (TPSA) is 92.7 Å². The molecule has 0 aromatic carbocycles. The van der Waals surface area contributed by atoms with Crippen molar-refractivity contribution in [3.63, 3.8) is 0 Å². The van der Waals surface area contributed by atoms with Crippen LogP contribution in [0.4, 0.5) is 4.79 Å². The summed E-state index contributed by atoms with van der Waals surface area (Å²) in [6.07, 6.45) is 2.76. The Labute approximate surface area is 127 Å². The van der Waals surface area contributed by atoms with Crippen LogP contribution < -0.4 is 5.32 Å². The molecule has 1 atom stereocenters. The minimum Gasteiger partial charge on any atom is -0.512 e. The SMILES string of the molecule is CC(=O)[C@H](CC/C(O)=C/[SH](C)(C)=O)NC(=O)OC(C)(C)C. The largest absolute Gasteiger partial charge is 0.512 e. The number of ether oxygens (including phenoxy) is 1. The molecular formula is C14H27NO5S.